The lowest BCUT2D eigenvalue weighted by Crippen LogP contribution is -2.14. The molecule has 0 aliphatic carbocycles. The fourth-order valence-corrected chi connectivity index (χ4v) is 3.56. The van der Waals surface area contributed by atoms with Crippen LogP contribution in [0.2, 0.25) is 0 Å². The van der Waals surface area contributed by atoms with Gasteiger partial charge in [0.05, 0.1) is 11.4 Å². The van der Waals surface area contributed by atoms with Gasteiger partial charge in [0.15, 0.2) is 0 Å². The molecule has 1 amide bonds. The molecule has 0 aliphatic heterocycles. The van der Waals surface area contributed by atoms with Gasteiger partial charge in [-0.3, -0.25) is 10.1 Å². The number of carbonyl (C=O) groups is 1. The minimum Gasteiger partial charge on any atom is -0.361 e. The molecule has 0 saturated heterocycles. The minimum absolute atomic E-state index is 0.0639. The first-order valence-corrected chi connectivity index (χ1v) is 8.69. The fourth-order valence-electron chi connectivity index (χ4n) is 1.73. The van der Waals surface area contributed by atoms with Gasteiger partial charge in [0, 0.05) is 17.7 Å². The molecule has 6 nitrogen and oxygen atoms in total. The van der Waals surface area contributed by atoms with Gasteiger partial charge in [-0.1, -0.05) is 23.4 Å². The second-order valence-electron chi connectivity index (χ2n) is 4.59. The zero-order chi connectivity index (χ0) is 15.2. The molecule has 2 rings (SSSR count). The zero-order valence-electron chi connectivity index (χ0n) is 12.3. The van der Waals surface area contributed by atoms with Crippen molar-refractivity contribution in [3.05, 3.63) is 22.0 Å². The molecule has 1 N–H and O–H groups in total. The number of hydrogen-bond donors (Lipinski definition) is 1. The maximum absolute atomic E-state index is 11.8. The molecule has 0 fully saturated rings. The van der Waals surface area contributed by atoms with E-state index in [1.54, 1.807) is 0 Å². The van der Waals surface area contributed by atoms with Crippen LogP contribution in [0.3, 0.4) is 0 Å². The highest BCUT2D eigenvalue weighted by atomic mass is 32.2. The summed E-state index contributed by atoms with van der Waals surface area (Å²) in [6, 6.07) is 0. The van der Waals surface area contributed by atoms with E-state index in [4.69, 9.17) is 4.52 Å². The molecule has 0 bridgehead atoms. The van der Waals surface area contributed by atoms with Gasteiger partial charge in [0.2, 0.25) is 11.0 Å². The number of amides is 1. The summed E-state index contributed by atoms with van der Waals surface area (Å²) in [6.45, 7) is 5.88. The first-order valence-electron chi connectivity index (χ1n) is 6.72. The van der Waals surface area contributed by atoms with E-state index in [2.05, 4.69) is 27.6 Å². The highest BCUT2D eigenvalue weighted by Gasteiger charge is 2.11. The number of aromatic nitrogens is 3. The minimum atomic E-state index is -0.0639. The Morgan fingerprint density at radius 2 is 2.19 bits per heavy atom. The van der Waals surface area contributed by atoms with Crippen LogP contribution in [0.15, 0.2) is 4.52 Å². The molecule has 2 aromatic rings. The van der Waals surface area contributed by atoms with Gasteiger partial charge in [0.25, 0.3) is 0 Å². The molecule has 0 atom stereocenters. The third kappa shape index (κ3) is 4.53. The van der Waals surface area contributed by atoms with Crippen LogP contribution in [0.25, 0.3) is 0 Å². The predicted octanol–water partition coefficient (Wildman–Crippen LogP) is 2.97. The summed E-state index contributed by atoms with van der Waals surface area (Å²) in [7, 11) is 0. The van der Waals surface area contributed by atoms with Crippen molar-refractivity contribution in [2.24, 2.45) is 0 Å². The normalized spacial score (nSPS) is 10.8. The molecular formula is C13H18N4O2S2. The van der Waals surface area contributed by atoms with E-state index in [0.29, 0.717) is 16.6 Å². The molecule has 0 unspecified atom stereocenters. The van der Waals surface area contributed by atoms with Crippen molar-refractivity contribution in [1.29, 1.82) is 0 Å². The maximum atomic E-state index is 11.8. The van der Waals surface area contributed by atoms with Crippen molar-refractivity contribution in [3.63, 3.8) is 0 Å². The number of carbonyl (C=O) groups excluding carboxylic acids is 1. The molecule has 2 aromatic heterocycles. The number of anilines is 1. The van der Waals surface area contributed by atoms with Gasteiger partial charge in [-0.05, 0) is 20.3 Å². The molecule has 21 heavy (non-hydrogen) atoms. The highest BCUT2D eigenvalue weighted by molar-refractivity contribution is 7.99. The summed E-state index contributed by atoms with van der Waals surface area (Å²) in [4.78, 5) is 11.8. The van der Waals surface area contributed by atoms with E-state index in [9.17, 15) is 4.79 Å². The van der Waals surface area contributed by atoms with E-state index < -0.39 is 0 Å². The van der Waals surface area contributed by atoms with Crippen LogP contribution in [0.4, 0.5) is 5.13 Å². The van der Waals surface area contributed by atoms with Gasteiger partial charge in [-0.15, -0.1) is 22.0 Å². The lowest BCUT2D eigenvalue weighted by Gasteiger charge is -2.01. The molecule has 8 heteroatoms. The SMILES string of the molecule is CCCc1nnc(NC(=O)CSCc2c(C)noc2C)s1. The van der Waals surface area contributed by atoms with E-state index in [1.807, 2.05) is 13.8 Å². The molecule has 2 heterocycles. The van der Waals surface area contributed by atoms with Crippen LogP contribution in [0.5, 0.6) is 0 Å². The van der Waals surface area contributed by atoms with Gasteiger partial charge < -0.3 is 4.52 Å². The summed E-state index contributed by atoms with van der Waals surface area (Å²) in [5.41, 5.74) is 1.95. The summed E-state index contributed by atoms with van der Waals surface area (Å²) in [6.07, 6.45) is 1.92. The number of nitrogens with one attached hydrogen (secondary N) is 1. The second-order valence-corrected chi connectivity index (χ2v) is 6.64. The zero-order valence-corrected chi connectivity index (χ0v) is 13.9. The van der Waals surface area contributed by atoms with Crippen molar-refractivity contribution in [1.82, 2.24) is 15.4 Å². The third-order valence-electron chi connectivity index (χ3n) is 2.84. The lowest BCUT2D eigenvalue weighted by molar-refractivity contribution is -0.113. The molecule has 0 aliphatic rings. The second kappa shape index (κ2) is 7.56. The Kier molecular flexibility index (Phi) is 5.75. The third-order valence-corrected chi connectivity index (χ3v) is 4.70. The molecular weight excluding hydrogens is 308 g/mol. The van der Waals surface area contributed by atoms with Crippen LogP contribution in [-0.4, -0.2) is 27.0 Å². The Morgan fingerprint density at radius 1 is 1.38 bits per heavy atom. The number of hydrogen-bond acceptors (Lipinski definition) is 7. The maximum Gasteiger partial charge on any atom is 0.236 e. The van der Waals surface area contributed by atoms with E-state index >= 15 is 0 Å². The van der Waals surface area contributed by atoms with Crippen LogP contribution in [-0.2, 0) is 17.0 Å². The summed E-state index contributed by atoms with van der Waals surface area (Å²) < 4.78 is 5.09. The highest BCUT2D eigenvalue weighted by Crippen LogP contribution is 2.20. The average molecular weight is 326 g/mol. The van der Waals surface area contributed by atoms with Gasteiger partial charge >= 0.3 is 0 Å². The van der Waals surface area contributed by atoms with Crippen molar-refractivity contribution < 1.29 is 9.32 Å². The van der Waals surface area contributed by atoms with Crippen molar-refractivity contribution in [2.75, 3.05) is 11.1 Å². The largest absolute Gasteiger partial charge is 0.361 e. The number of aryl methyl sites for hydroxylation is 3. The molecule has 114 valence electrons. The van der Waals surface area contributed by atoms with E-state index in [1.165, 1.54) is 23.1 Å². The Labute approximate surface area is 131 Å². The Morgan fingerprint density at radius 3 is 2.86 bits per heavy atom. The number of rotatable bonds is 7. The van der Waals surface area contributed by atoms with E-state index in [0.717, 1.165) is 34.9 Å². The van der Waals surface area contributed by atoms with Crippen LogP contribution < -0.4 is 5.32 Å². The van der Waals surface area contributed by atoms with Gasteiger partial charge in [-0.2, -0.15) is 0 Å². The summed E-state index contributed by atoms with van der Waals surface area (Å²) >= 11 is 2.96. The Bertz CT molecular complexity index is 590. The molecule has 0 radical (unpaired) electrons. The van der Waals surface area contributed by atoms with Crippen molar-refractivity contribution in [3.8, 4) is 0 Å². The molecule has 0 spiro atoms. The standard InChI is InChI=1S/C13H18N4O2S2/c1-4-5-12-15-16-13(21-12)14-11(18)7-20-6-10-8(2)17-19-9(10)3/h4-7H2,1-3H3,(H,14,16,18). The predicted molar refractivity (Wildman–Crippen MR) is 84.7 cm³/mol. The topological polar surface area (TPSA) is 80.9 Å². The first kappa shape index (κ1) is 16.0. The lowest BCUT2D eigenvalue weighted by atomic mass is 10.2. The van der Waals surface area contributed by atoms with Gasteiger partial charge in [-0.25, -0.2) is 0 Å². The quantitative estimate of drug-likeness (QED) is 0.842. The van der Waals surface area contributed by atoms with Crippen LogP contribution in [0, 0.1) is 13.8 Å². The van der Waals surface area contributed by atoms with E-state index in [-0.39, 0.29) is 5.91 Å². The van der Waals surface area contributed by atoms with Crippen molar-refractivity contribution in [2.45, 2.75) is 39.4 Å². The summed E-state index contributed by atoms with van der Waals surface area (Å²) in [5, 5.41) is 16.2. The Hall–Kier alpha value is -1.41. The Balaban J connectivity index is 1.77. The monoisotopic (exact) mass is 326 g/mol. The smallest absolute Gasteiger partial charge is 0.236 e. The van der Waals surface area contributed by atoms with Gasteiger partial charge in [0.1, 0.15) is 10.8 Å². The molecule has 0 saturated carbocycles. The van der Waals surface area contributed by atoms with Crippen LogP contribution >= 0.6 is 23.1 Å². The number of thioether (sulfide) groups is 1. The van der Waals surface area contributed by atoms with Crippen LogP contribution in [0.1, 0.15) is 35.4 Å². The summed E-state index contributed by atoms with van der Waals surface area (Å²) in [5.74, 6) is 1.83. The first-order chi connectivity index (χ1) is 10.1. The average Bonchev–Trinajstić information content (AvgIpc) is 3.00. The molecule has 0 aromatic carbocycles. The van der Waals surface area contributed by atoms with Crippen molar-refractivity contribution >= 4 is 34.1 Å². The fraction of sp³-hybridized carbons (Fsp3) is 0.538. The number of nitrogens with zero attached hydrogens (tertiary/aromatic N) is 3.